The quantitative estimate of drug-likeness (QED) is 0.680. The average molecular weight is 283 g/mol. The number of fused-ring (bicyclic) bond motifs is 1. The molecule has 1 unspecified atom stereocenters. The minimum Gasteiger partial charge on any atom is -0.497 e. The maximum atomic E-state index is 5.48. The number of aromatic nitrogens is 1. The van der Waals surface area contributed by atoms with Crippen molar-refractivity contribution in [1.82, 2.24) is 4.98 Å². The summed E-state index contributed by atoms with van der Waals surface area (Å²) in [5, 5.41) is 3.19. The molecule has 1 aliphatic rings. The van der Waals surface area contributed by atoms with Gasteiger partial charge in [0, 0.05) is 5.39 Å². The lowest BCUT2D eigenvalue weighted by atomic mass is 10.0. The summed E-state index contributed by atoms with van der Waals surface area (Å²) >= 11 is 1.71. The van der Waals surface area contributed by atoms with E-state index in [4.69, 9.17) is 14.5 Å². The highest BCUT2D eigenvalue weighted by molar-refractivity contribution is 7.13. The van der Waals surface area contributed by atoms with Gasteiger partial charge >= 0.3 is 0 Å². The van der Waals surface area contributed by atoms with Crippen molar-refractivity contribution in [3.63, 3.8) is 0 Å². The van der Waals surface area contributed by atoms with E-state index in [2.05, 4.69) is 17.5 Å². The summed E-state index contributed by atoms with van der Waals surface area (Å²) in [6.45, 7) is 0.792. The Balaban J connectivity index is 1.96. The molecule has 2 aromatic heterocycles. The molecule has 3 aromatic rings. The van der Waals surface area contributed by atoms with Crippen molar-refractivity contribution in [3.8, 4) is 16.3 Å². The topological polar surface area (TPSA) is 34.6 Å². The van der Waals surface area contributed by atoms with Gasteiger partial charge in [0.05, 0.1) is 29.8 Å². The van der Waals surface area contributed by atoms with Crippen LogP contribution >= 0.6 is 11.3 Å². The second kappa shape index (κ2) is 4.58. The van der Waals surface area contributed by atoms with Gasteiger partial charge in [0.15, 0.2) is 0 Å². The Morgan fingerprint density at radius 2 is 2.20 bits per heavy atom. The largest absolute Gasteiger partial charge is 0.497 e. The summed E-state index contributed by atoms with van der Waals surface area (Å²) in [7, 11) is 1.68. The molecule has 3 heterocycles. The summed E-state index contributed by atoms with van der Waals surface area (Å²) in [6.07, 6.45) is 0.200. The van der Waals surface area contributed by atoms with Crippen molar-refractivity contribution in [3.05, 3.63) is 47.3 Å². The van der Waals surface area contributed by atoms with Crippen LogP contribution in [0.15, 0.2) is 41.8 Å². The highest BCUT2D eigenvalue weighted by atomic mass is 32.1. The van der Waals surface area contributed by atoms with Gasteiger partial charge in [-0.1, -0.05) is 6.07 Å². The van der Waals surface area contributed by atoms with Crippen molar-refractivity contribution < 1.29 is 9.47 Å². The van der Waals surface area contributed by atoms with Crippen LogP contribution in [0, 0.1) is 0 Å². The molecule has 3 nitrogen and oxygen atoms in total. The van der Waals surface area contributed by atoms with Crippen molar-refractivity contribution in [2.45, 2.75) is 6.10 Å². The van der Waals surface area contributed by atoms with Gasteiger partial charge in [-0.3, -0.25) is 0 Å². The standard InChI is InChI=1S/C16H13NO2S/c1-18-10-4-5-13-11(7-10)12(15-9-19-15)8-14(17-13)16-3-2-6-20-16/h2-8,15H,9H2,1H3. The molecular formula is C16H13NO2S. The number of rotatable bonds is 3. The highest BCUT2D eigenvalue weighted by Crippen LogP contribution is 2.38. The number of thiophene rings is 1. The van der Waals surface area contributed by atoms with Gasteiger partial charge in [-0.25, -0.2) is 4.98 Å². The Labute approximate surface area is 120 Å². The number of epoxide rings is 1. The van der Waals surface area contributed by atoms with E-state index in [0.29, 0.717) is 0 Å². The average Bonchev–Trinajstić information content (AvgIpc) is 3.19. The Morgan fingerprint density at radius 3 is 2.90 bits per heavy atom. The van der Waals surface area contributed by atoms with Crippen LogP contribution in [0.5, 0.6) is 5.75 Å². The summed E-state index contributed by atoms with van der Waals surface area (Å²) < 4.78 is 10.8. The summed E-state index contributed by atoms with van der Waals surface area (Å²) in [4.78, 5) is 5.95. The summed E-state index contributed by atoms with van der Waals surface area (Å²) in [5.74, 6) is 0.852. The first-order valence-corrected chi connectivity index (χ1v) is 7.37. The van der Waals surface area contributed by atoms with Crippen LogP contribution in [0.4, 0.5) is 0 Å². The predicted octanol–water partition coefficient (Wildman–Crippen LogP) is 4.04. The van der Waals surface area contributed by atoms with Crippen molar-refractivity contribution in [1.29, 1.82) is 0 Å². The molecule has 0 N–H and O–H groups in total. The first-order valence-electron chi connectivity index (χ1n) is 6.49. The Bertz CT molecular complexity index is 763. The molecule has 4 heteroatoms. The normalized spacial score (nSPS) is 17.4. The summed E-state index contributed by atoms with van der Waals surface area (Å²) in [6, 6.07) is 12.3. The number of benzene rings is 1. The monoisotopic (exact) mass is 283 g/mol. The van der Waals surface area contributed by atoms with E-state index < -0.39 is 0 Å². The molecule has 1 atom stereocenters. The van der Waals surface area contributed by atoms with Gasteiger partial charge in [-0.05, 0) is 41.3 Å². The van der Waals surface area contributed by atoms with E-state index in [-0.39, 0.29) is 6.10 Å². The van der Waals surface area contributed by atoms with Crippen LogP contribution in [-0.2, 0) is 4.74 Å². The number of methoxy groups -OCH3 is 1. The molecule has 1 aliphatic heterocycles. The lowest BCUT2D eigenvalue weighted by Gasteiger charge is -2.08. The Kier molecular flexibility index (Phi) is 2.72. The zero-order chi connectivity index (χ0) is 13.5. The van der Waals surface area contributed by atoms with Crippen LogP contribution in [0.3, 0.4) is 0 Å². The fourth-order valence-electron chi connectivity index (χ4n) is 2.40. The molecule has 1 fully saturated rings. The zero-order valence-electron chi connectivity index (χ0n) is 11.0. The molecule has 0 aliphatic carbocycles. The van der Waals surface area contributed by atoms with Crippen molar-refractivity contribution in [2.75, 3.05) is 13.7 Å². The van der Waals surface area contributed by atoms with Crippen LogP contribution in [0.1, 0.15) is 11.7 Å². The molecule has 0 saturated carbocycles. The maximum Gasteiger partial charge on any atom is 0.119 e. The molecule has 1 saturated heterocycles. The Hall–Kier alpha value is -1.91. The van der Waals surface area contributed by atoms with Gasteiger partial charge in [-0.15, -0.1) is 11.3 Å². The highest BCUT2D eigenvalue weighted by Gasteiger charge is 2.28. The molecule has 20 heavy (non-hydrogen) atoms. The number of nitrogens with zero attached hydrogens (tertiary/aromatic N) is 1. The van der Waals surface area contributed by atoms with Gasteiger partial charge in [0.1, 0.15) is 11.9 Å². The second-order valence-corrected chi connectivity index (χ2v) is 5.73. The van der Waals surface area contributed by atoms with Gasteiger partial charge in [-0.2, -0.15) is 0 Å². The molecular weight excluding hydrogens is 270 g/mol. The van der Waals surface area contributed by atoms with E-state index in [1.54, 1.807) is 18.4 Å². The number of hydrogen-bond acceptors (Lipinski definition) is 4. The minimum atomic E-state index is 0.200. The minimum absolute atomic E-state index is 0.200. The zero-order valence-corrected chi connectivity index (χ0v) is 11.8. The molecule has 0 bridgehead atoms. The predicted molar refractivity (Wildman–Crippen MR) is 80.3 cm³/mol. The van der Waals surface area contributed by atoms with Gasteiger partial charge in [0.25, 0.3) is 0 Å². The first kappa shape index (κ1) is 11.9. The van der Waals surface area contributed by atoms with Crippen molar-refractivity contribution >= 4 is 22.2 Å². The van der Waals surface area contributed by atoms with E-state index in [0.717, 1.165) is 29.0 Å². The lowest BCUT2D eigenvalue weighted by molar-refractivity contribution is 0.413. The summed E-state index contributed by atoms with van der Waals surface area (Å²) in [5.41, 5.74) is 3.21. The van der Waals surface area contributed by atoms with Crippen LogP contribution in [0.25, 0.3) is 21.5 Å². The van der Waals surface area contributed by atoms with E-state index >= 15 is 0 Å². The third-order valence-electron chi connectivity index (χ3n) is 3.50. The maximum absolute atomic E-state index is 5.48. The third-order valence-corrected chi connectivity index (χ3v) is 4.39. The molecule has 0 amide bonds. The van der Waals surface area contributed by atoms with Gasteiger partial charge in [0.2, 0.25) is 0 Å². The molecule has 1 aromatic carbocycles. The number of pyridine rings is 1. The van der Waals surface area contributed by atoms with Crippen LogP contribution in [0.2, 0.25) is 0 Å². The van der Waals surface area contributed by atoms with Crippen LogP contribution in [-0.4, -0.2) is 18.7 Å². The lowest BCUT2D eigenvalue weighted by Crippen LogP contribution is -1.92. The Morgan fingerprint density at radius 1 is 1.30 bits per heavy atom. The second-order valence-electron chi connectivity index (χ2n) is 4.78. The van der Waals surface area contributed by atoms with Crippen LogP contribution < -0.4 is 4.74 Å². The number of hydrogen-bond donors (Lipinski definition) is 0. The SMILES string of the molecule is COc1ccc2nc(-c3cccs3)cc(C3CO3)c2c1. The van der Waals surface area contributed by atoms with Gasteiger partial charge < -0.3 is 9.47 Å². The first-order chi connectivity index (χ1) is 9.85. The van der Waals surface area contributed by atoms with Crippen molar-refractivity contribution in [2.24, 2.45) is 0 Å². The smallest absolute Gasteiger partial charge is 0.119 e. The fourth-order valence-corrected chi connectivity index (χ4v) is 3.09. The third kappa shape index (κ3) is 1.97. The van der Waals surface area contributed by atoms with E-state index in [1.807, 2.05) is 24.3 Å². The van der Waals surface area contributed by atoms with E-state index in [9.17, 15) is 0 Å². The fraction of sp³-hybridized carbons (Fsp3) is 0.188. The molecule has 100 valence electrons. The molecule has 4 rings (SSSR count). The van der Waals surface area contributed by atoms with E-state index in [1.165, 1.54) is 10.4 Å². The number of ether oxygens (including phenoxy) is 2. The molecule has 0 radical (unpaired) electrons. The molecule has 0 spiro atoms.